The van der Waals surface area contributed by atoms with Gasteiger partial charge in [0.25, 0.3) is 0 Å². The molecular formula is C15H15Cl2FN2O. The number of ether oxygens (including phenoxy) is 1. The number of hydrogen-bond donors (Lipinski definition) is 0. The highest BCUT2D eigenvalue weighted by atomic mass is 35.5. The molecule has 3 nitrogen and oxygen atoms in total. The predicted molar refractivity (Wildman–Crippen MR) is 80.4 cm³/mol. The number of nitrogens with zero attached hydrogens (tertiary/aromatic N) is 2. The van der Waals surface area contributed by atoms with Gasteiger partial charge >= 0.3 is 0 Å². The standard InChI is InChI=1S/C15H15Cl2FN2O/c16-7-14-19-11-5-9(17)10(18)6-13(11)20(14)12-3-4-21-15(12)8-1-2-8/h5-6,8,12,15H,1-4,7H2. The average Bonchev–Trinajstić information content (AvgIpc) is 3.10. The van der Waals surface area contributed by atoms with Crippen molar-refractivity contribution in [3.63, 3.8) is 0 Å². The second-order valence-corrected chi connectivity index (χ2v) is 6.49. The molecule has 0 amide bonds. The number of alkyl halides is 1. The fourth-order valence-corrected chi connectivity index (χ4v) is 3.70. The van der Waals surface area contributed by atoms with Gasteiger partial charge in [0.1, 0.15) is 11.6 Å². The largest absolute Gasteiger partial charge is 0.376 e. The average molecular weight is 329 g/mol. The molecule has 1 saturated heterocycles. The summed E-state index contributed by atoms with van der Waals surface area (Å²) in [6.45, 7) is 0.739. The van der Waals surface area contributed by atoms with Crippen molar-refractivity contribution in [3.05, 3.63) is 28.8 Å². The van der Waals surface area contributed by atoms with E-state index in [4.69, 9.17) is 27.9 Å². The van der Waals surface area contributed by atoms with Gasteiger partial charge in [-0.25, -0.2) is 9.37 Å². The van der Waals surface area contributed by atoms with Crippen LogP contribution in [0.15, 0.2) is 12.1 Å². The van der Waals surface area contributed by atoms with E-state index >= 15 is 0 Å². The van der Waals surface area contributed by atoms with E-state index in [1.807, 2.05) is 0 Å². The minimum Gasteiger partial charge on any atom is -0.376 e. The SMILES string of the molecule is Fc1cc2c(cc1Cl)nc(CCl)n2C1CCOC1C1CC1. The first-order valence-electron chi connectivity index (χ1n) is 7.22. The van der Waals surface area contributed by atoms with Gasteiger partial charge in [-0.3, -0.25) is 0 Å². The summed E-state index contributed by atoms with van der Waals surface area (Å²) in [5.41, 5.74) is 1.45. The monoisotopic (exact) mass is 328 g/mol. The van der Waals surface area contributed by atoms with E-state index in [0.717, 1.165) is 24.4 Å². The zero-order chi connectivity index (χ0) is 14.6. The highest BCUT2D eigenvalue weighted by molar-refractivity contribution is 6.31. The van der Waals surface area contributed by atoms with Gasteiger partial charge in [-0.05, 0) is 31.2 Å². The van der Waals surface area contributed by atoms with Crippen LogP contribution in [0.25, 0.3) is 11.0 Å². The summed E-state index contributed by atoms with van der Waals surface area (Å²) in [6, 6.07) is 3.22. The van der Waals surface area contributed by atoms with Crippen LogP contribution in [0.2, 0.25) is 5.02 Å². The maximum Gasteiger partial charge on any atom is 0.144 e. The molecule has 0 radical (unpaired) electrons. The number of halogens is 3. The van der Waals surface area contributed by atoms with Gasteiger partial charge in [0.05, 0.1) is 34.1 Å². The normalized spacial score (nSPS) is 25.9. The molecule has 2 atom stereocenters. The first kappa shape index (κ1) is 13.8. The molecule has 4 rings (SSSR count). The second kappa shape index (κ2) is 5.11. The van der Waals surface area contributed by atoms with Gasteiger partial charge < -0.3 is 9.30 Å². The number of benzene rings is 1. The summed E-state index contributed by atoms with van der Waals surface area (Å²) in [6.07, 6.45) is 3.54. The molecule has 0 N–H and O–H groups in total. The summed E-state index contributed by atoms with van der Waals surface area (Å²) in [7, 11) is 0. The Labute approximate surface area is 132 Å². The van der Waals surface area contributed by atoms with Crippen molar-refractivity contribution in [1.82, 2.24) is 9.55 Å². The van der Waals surface area contributed by atoms with E-state index in [1.165, 1.54) is 18.9 Å². The topological polar surface area (TPSA) is 27.1 Å². The number of imidazole rings is 1. The fourth-order valence-electron chi connectivity index (χ4n) is 3.36. The Hall–Kier alpha value is -0.840. The minimum absolute atomic E-state index is 0.0923. The molecule has 0 bridgehead atoms. The van der Waals surface area contributed by atoms with Crippen LogP contribution in [0.4, 0.5) is 4.39 Å². The first-order valence-corrected chi connectivity index (χ1v) is 8.13. The molecule has 0 spiro atoms. The lowest BCUT2D eigenvalue weighted by atomic mass is 10.1. The lowest BCUT2D eigenvalue weighted by Gasteiger charge is -2.22. The van der Waals surface area contributed by atoms with Gasteiger partial charge in [-0.2, -0.15) is 0 Å². The Morgan fingerprint density at radius 3 is 2.86 bits per heavy atom. The van der Waals surface area contributed by atoms with Crippen LogP contribution in [-0.4, -0.2) is 22.3 Å². The van der Waals surface area contributed by atoms with Gasteiger partial charge in [-0.15, -0.1) is 11.6 Å². The Morgan fingerprint density at radius 1 is 1.33 bits per heavy atom. The van der Waals surface area contributed by atoms with Crippen LogP contribution in [0, 0.1) is 11.7 Å². The van der Waals surface area contributed by atoms with E-state index in [2.05, 4.69) is 9.55 Å². The van der Waals surface area contributed by atoms with Crippen LogP contribution in [0.5, 0.6) is 0 Å². The smallest absolute Gasteiger partial charge is 0.144 e. The molecule has 1 aliphatic heterocycles. The Morgan fingerprint density at radius 2 is 2.14 bits per heavy atom. The molecule has 2 aliphatic rings. The van der Waals surface area contributed by atoms with Crippen LogP contribution < -0.4 is 0 Å². The lowest BCUT2D eigenvalue weighted by molar-refractivity contribution is 0.0754. The van der Waals surface area contributed by atoms with Crippen LogP contribution >= 0.6 is 23.2 Å². The highest BCUT2D eigenvalue weighted by Gasteiger charge is 2.42. The molecule has 1 aromatic heterocycles. The van der Waals surface area contributed by atoms with Crippen molar-refractivity contribution >= 4 is 34.2 Å². The van der Waals surface area contributed by atoms with Crippen LogP contribution in [0.1, 0.15) is 31.1 Å². The zero-order valence-electron chi connectivity index (χ0n) is 11.4. The minimum atomic E-state index is -0.423. The van der Waals surface area contributed by atoms with E-state index in [-0.39, 0.29) is 17.2 Å². The van der Waals surface area contributed by atoms with Gasteiger partial charge in [0.2, 0.25) is 0 Å². The van der Waals surface area contributed by atoms with E-state index < -0.39 is 5.82 Å². The third-order valence-electron chi connectivity index (χ3n) is 4.45. The molecule has 21 heavy (non-hydrogen) atoms. The molecule has 2 heterocycles. The summed E-state index contributed by atoms with van der Waals surface area (Å²) >= 11 is 11.9. The van der Waals surface area contributed by atoms with Crippen LogP contribution in [0.3, 0.4) is 0 Å². The van der Waals surface area contributed by atoms with Crippen molar-refractivity contribution in [2.45, 2.75) is 37.3 Å². The zero-order valence-corrected chi connectivity index (χ0v) is 12.9. The summed E-state index contributed by atoms with van der Waals surface area (Å²) in [4.78, 5) is 4.52. The molecular weight excluding hydrogens is 314 g/mol. The van der Waals surface area contributed by atoms with E-state index in [1.54, 1.807) is 6.07 Å². The maximum absolute atomic E-state index is 13.9. The van der Waals surface area contributed by atoms with E-state index in [9.17, 15) is 4.39 Å². The summed E-state index contributed by atoms with van der Waals surface area (Å²) in [5.74, 6) is 1.25. The summed E-state index contributed by atoms with van der Waals surface area (Å²) in [5, 5.41) is 0.0923. The van der Waals surface area contributed by atoms with Crippen LogP contribution in [-0.2, 0) is 10.6 Å². The Kier molecular flexibility index (Phi) is 3.36. The van der Waals surface area contributed by atoms with Gasteiger partial charge in [0, 0.05) is 12.7 Å². The molecule has 6 heteroatoms. The molecule has 1 saturated carbocycles. The molecule has 112 valence electrons. The molecule has 2 fully saturated rings. The van der Waals surface area contributed by atoms with Crippen molar-refractivity contribution in [2.75, 3.05) is 6.61 Å². The third-order valence-corrected chi connectivity index (χ3v) is 4.97. The van der Waals surface area contributed by atoms with Crippen molar-refractivity contribution in [2.24, 2.45) is 5.92 Å². The highest BCUT2D eigenvalue weighted by Crippen LogP contribution is 2.44. The number of hydrogen-bond acceptors (Lipinski definition) is 2. The van der Waals surface area contributed by atoms with Crippen molar-refractivity contribution in [1.29, 1.82) is 0 Å². The van der Waals surface area contributed by atoms with E-state index in [0.29, 0.717) is 17.3 Å². The Bertz CT molecular complexity index is 699. The maximum atomic E-state index is 13.9. The van der Waals surface area contributed by atoms with Gasteiger partial charge in [-0.1, -0.05) is 11.6 Å². The molecule has 1 aliphatic carbocycles. The number of fused-ring (bicyclic) bond motifs is 1. The second-order valence-electron chi connectivity index (χ2n) is 5.82. The molecule has 1 aromatic carbocycles. The Balaban J connectivity index is 1.87. The quantitative estimate of drug-likeness (QED) is 0.785. The van der Waals surface area contributed by atoms with Crippen molar-refractivity contribution in [3.8, 4) is 0 Å². The molecule has 2 unspecified atom stereocenters. The number of aromatic nitrogens is 2. The van der Waals surface area contributed by atoms with Gasteiger partial charge in [0.15, 0.2) is 0 Å². The third kappa shape index (κ3) is 2.24. The predicted octanol–water partition coefficient (Wildman–Crippen LogP) is 4.31. The molecule has 2 aromatic rings. The van der Waals surface area contributed by atoms with Crippen molar-refractivity contribution < 1.29 is 9.13 Å². The number of rotatable bonds is 3. The lowest BCUT2D eigenvalue weighted by Crippen LogP contribution is -2.23. The summed E-state index contributed by atoms with van der Waals surface area (Å²) < 4.78 is 21.8. The fraction of sp³-hybridized carbons (Fsp3) is 0.533. The first-order chi connectivity index (χ1) is 10.2.